The average molecular weight is 373 g/mol. The number of benzene rings is 2. The number of hydrogen-bond donors (Lipinski definition) is 1. The normalized spacial score (nSPS) is 11.0. The van der Waals surface area contributed by atoms with Gasteiger partial charge < -0.3 is 10.1 Å². The van der Waals surface area contributed by atoms with E-state index < -0.39 is 10.0 Å². The monoisotopic (exact) mass is 373 g/mol. The Morgan fingerprint density at radius 3 is 2.27 bits per heavy atom. The van der Waals surface area contributed by atoms with Crippen LogP contribution in [0.3, 0.4) is 0 Å². The van der Waals surface area contributed by atoms with Gasteiger partial charge in [-0.2, -0.15) is 5.26 Å². The van der Waals surface area contributed by atoms with E-state index >= 15 is 0 Å². The second-order valence-corrected chi connectivity index (χ2v) is 7.78. The highest BCUT2D eigenvalue weighted by Gasteiger charge is 2.16. The van der Waals surface area contributed by atoms with Crippen molar-refractivity contribution in [3.63, 3.8) is 0 Å². The van der Waals surface area contributed by atoms with Crippen LogP contribution < -0.4 is 10.1 Å². The maximum Gasteiger partial charge on any atom is 0.262 e. The Kier molecular flexibility index (Phi) is 6.33. The summed E-state index contributed by atoms with van der Waals surface area (Å²) in [6, 6.07) is 14.9. The molecule has 1 N–H and O–H groups in total. The minimum atomic E-state index is -3.50. The highest BCUT2D eigenvalue weighted by molar-refractivity contribution is 7.89. The van der Waals surface area contributed by atoms with Gasteiger partial charge in [-0.05, 0) is 42.0 Å². The number of nitriles is 1. The summed E-state index contributed by atoms with van der Waals surface area (Å²) in [6.45, 7) is -0.209. The Balaban J connectivity index is 1.90. The summed E-state index contributed by atoms with van der Waals surface area (Å²) in [7, 11) is -0.584. The maximum atomic E-state index is 12.0. The molecule has 0 unspecified atom stereocenters. The van der Waals surface area contributed by atoms with E-state index in [1.165, 1.54) is 38.4 Å². The third-order valence-corrected chi connectivity index (χ3v) is 5.32. The van der Waals surface area contributed by atoms with Crippen molar-refractivity contribution in [1.82, 2.24) is 4.31 Å². The molecule has 0 aliphatic carbocycles. The van der Waals surface area contributed by atoms with Crippen molar-refractivity contribution in [3.8, 4) is 11.8 Å². The summed E-state index contributed by atoms with van der Waals surface area (Å²) in [5.41, 5.74) is 1.47. The second kappa shape index (κ2) is 8.47. The standard InChI is InChI=1S/C18H19N3O4S/c1-21(2)26(23,24)17-9-7-16(8-10-17)25-13-18(22)20-15-5-3-14(4-6-15)11-12-19/h3-10H,11,13H2,1-2H3,(H,20,22). The van der Waals surface area contributed by atoms with Gasteiger partial charge in [0.05, 0.1) is 17.4 Å². The van der Waals surface area contributed by atoms with Crippen molar-refractivity contribution in [3.05, 3.63) is 54.1 Å². The zero-order valence-electron chi connectivity index (χ0n) is 14.5. The Bertz CT molecular complexity index is 899. The van der Waals surface area contributed by atoms with Crippen LogP contribution in [0.5, 0.6) is 5.75 Å². The van der Waals surface area contributed by atoms with E-state index in [4.69, 9.17) is 10.00 Å². The molecule has 7 nitrogen and oxygen atoms in total. The lowest BCUT2D eigenvalue weighted by Crippen LogP contribution is -2.22. The first-order valence-corrected chi connectivity index (χ1v) is 9.18. The molecule has 0 spiro atoms. The van der Waals surface area contributed by atoms with Gasteiger partial charge in [0.15, 0.2) is 6.61 Å². The van der Waals surface area contributed by atoms with E-state index in [0.717, 1.165) is 9.87 Å². The van der Waals surface area contributed by atoms with Crippen LogP contribution in [0.2, 0.25) is 0 Å². The van der Waals surface area contributed by atoms with E-state index in [2.05, 4.69) is 11.4 Å². The largest absolute Gasteiger partial charge is 0.484 e. The third-order valence-electron chi connectivity index (χ3n) is 3.49. The van der Waals surface area contributed by atoms with Crippen LogP contribution in [0.1, 0.15) is 5.56 Å². The van der Waals surface area contributed by atoms with Gasteiger partial charge in [-0.1, -0.05) is 12.1 Å². The molecule has 2 aromatic rings. The number of nitrogens with one attached hydrogen (secondary N) is 1. The molecule has 8 heteroatoms. The van der Waals surface area contributed by atoms with Crippen LogP contribution in [-0.2, 0) is 21.2 Å². The van der Waals surface area contributed by atoms with Crippen LogP contribution in [0.25, 0.3) is 0 Å². The molecule has 2 aromatic carbocycles. The van der Waals surface area contributed by atoms with Gasteiger partial charge in [-0.15, -0.1) is 0 Å². The molecule has 1 amide bonds. The van der Waals surface area contributed by atoms with Gasteiger partial charge in [0.25, 0.3) is 5.91 Å². The minimum Gasteiger partial charge on any atom is -0.484 e. The van der Waals surface area contributed by atoms with Crippen LogP contribution in [0.15, 0.2) is 53.4 Å². The molecule has 0 heterocycles. The van der Waals surface area contributed by atoms with Gasteiger partial charge in [0, 0.05) is 19.8 Å². The molecule has 0 fully saturated rings. The lowest BCUT2D eigenvalue weighted by Gasteiger charge is -2.12. The Hall–Kier alpha value is -2.89. The van der Waals surface area contributed by atoms with Gasteiger partial charge >= 0.3 is 0 Å². The molecule has 136 valence electrons. The number of carbonyl (C=O) groups excluding carboxylic acids is 1. The summed E-state index contributed by atoms with van der Waals surface area (Å²) < 4.78 is 30.5. The first-order valence-electron chi connectivity index (χ1n) is 7.74. The highest BCUT2D eigenvalue weighted by atomic mass is 32.2. The number of sulfonamides is 1. The predicted molar refractivity (Wildman–Crippen MR) is 97.2 cm³/mol. The molecule has 26 heavy (non-hydrogen) atoms. The number of ether oxygens (including phenoxy) is 1. The molecule has 0 atom stereocenters. The number of rotatable bonds is 7. The quantitative estimate of drug-likeness (QED) is 0.800. The summed E-state index contributed by atoms with van der Waals surface area (Å²) in [5, 5.41) is 11.3. The van der Waals surface area contributed by atoms with Crippen LogP contribution >= 0.6 is 0 Å². The fourth-order valence-corrected chi connectivity index (χ4v) is 2.96. The highest BCUT2D eigenvalue weighted by Crippen LogP contribution is 2.18. The summed E-state index contributed by atoms with van der Waals surface area (Å²) in [6.07, 6.45) is 0.316. The van der Waals surface area contributed by atoms with Gasteiger partial charge in [0.2, 0.25) is 10.0 Å². The van der Waals surface area contributed by atoms with Crippen molar-refractivity contribution < 1.29 is 17.9 Å². The Morgan fingerprint density at radius 2 is 1.73 bits per heavy atom. The van der Waals surface area contributed by atoms with Crippen molar-refractivity contribution in [2.75, 3.05) is 26.0 Å². The van der Waals surface area contributed by atoms with Crippen molar-refractivity contribution in [2.45, 2.75) is 11.3 Å². The molecule has 0 saturated carbocycles. The summed E-state index contributed by atoms with van der Waals surface area (Å²) in [4.78, 5) is 12.1. The minimum absolute atomic E-state index is 0.150. The molecular formula is C18H19N3O4S. The van der Waals surface area contributed by atoms with Crippen molar-refractivity contribution >= 4 is 21.6 Å². The SMILES string of the molecule is CN(C)S(=O)(=O)c1ccc(OCC(=O)Nc2ccc(CC#N)cc2)cc1. The van der Waals surface area contributed by atoms with E-state index in [0.29, 0.717) is 17.9 Å². The van der Waals surface area contributed by atoms with Gasteiger partial charge in [-0.25, -0.2) is 12.7 Å². The molecule has 0 radical (unpaired) electrons. The van der Waals surface area contributed by atoms with Gasteiger partial charge in [-0.3, -0.25) is 4.79 Å². The molecule has 0 aromatic heterocycles. The summed E-state index contributed by atoms with van der Waals surface area (Å²) >= 11 is 0. The van der Waals surface area contributed by atoms with Crippen LogP contribution in [-0.4, -0.2) is 39.3 Å². The van der Waals surface area contributed by atoms with Crippen LogP contribution in [0, 0.1) is 11.3 Å². The van der Waals surface area contributed by atoms with Crippen molar-refractivity contribution in [2.24, 2.45) is 0 Å². The number of carbonyl (C=O) groups is 1. The van der Waals surface area contributed by atoms with Crippen LogP contribution in [0.4, 0.5) is 5.69 Å². The third kappa shape index (κ3) is 5.05. The lowest BCUT2D eigenvalue weighted by molar-refractivity contribution is -0.118. The number of nitrogens with zero attached hydrogens (tertiary/aromatic N) is 2. The van der Waals surface area contributed by atoms with E-state index in [1.807, 2.05) is 0 Å². The first kappa shape index (κ1) is 19.4. The zero-order valence-corrected chi connectivity index (χ0v) is 15.3. The van der Waals surface area contributed by atoms with Gasteiger partial charge in [0.1, 0.15) is 5.75 Å². The zero-order chi connectivity index (χ0) is 19.2. The molecule has 0 aliphatic rings. The number of anilines is 1. The topological polar surface area (TPSA) is 99.5 Å². The Labute approximate surface area is 152 Å². The fraction of sp³-hybridized carbons (Fsp3) is 0.222. The maximum absolute atomic E-state index is 12.0. The van der Waals surface area contributed by atoms with E-state index in [9.17, 15) is 13.2 Å². The van der Waals surface area contributed by atoms with Crippen molar-refractivity contribution in [1.29, 1.82) is 5.26 Å². The molecule has 0 saturated heterocycles. The fourth-order valence-electron chi connectivity index (χ4n) is 2.06. The smallest absolute Gasteiger partial charge is 0.262 e. The molecular weight excluding hydrogens is 354 g/mol. The lowest BCUT2D eigenvalue weighted by atomic mass is 10.1. The average Bonchev–Trinajstić information content (AvgIpc) is 2.62. The number of hydrogen-bond acceptors (Lipinski definition) is 5. The van der Waals surface area contributed by atoms with E-state index in [1.54, 1.807) is 24.3 Å². The summed E-state index contributed by atoms with van der Waals surface area (Å²) in [5.74, 6) is 0.0465. The molecule has 0 aliphatic heterocycles. The molecule has 0 bridgehead atoms. The molecule has 2 rings (SSSR count). The predicted octanol–water partition coefficient (Wildman–Crippen LogP) is 2.02. The first-order chi connectivity index (χ1) is 12.3. The van der Waals surface area contributed by atoms with E-state index in [-0.39, 0.29) is 17.4 Å². The number of amides is 1. The second-order valence-electron chi connectivity index (χ2n) is 5.63. The Morgan fingerprint density at radius 1 is 1.12 bits per heavy atom.